The number of aromatic amines is 1. The smallest absolute Gasteiger partial charge is 0.251 e. The Labute approximate surface area is 167 Å². The molecule has 0 bridgehead atoms. The normalized spacial score (nSPS) is 19.8. The first-order valence-corrected chi connectivity index (χ1v) is 10.5. The van der Waals surface area contributed by atoms with E-state index in [1.807, 2.05) is 47.5 Å². The summed E-state index contributed by atoms with van der Waals surface area (Å²) in [7, 11) is 0. The Morgan fingerprint density at radius 2 is 2.04 bits per heavy atom. The first-order chi connectivity index (χ1) is 13.6. The number of fused-ring (bicyclic) bond motifs is 3. The van der Waals surface area contributed by atoms with Crippen LogP contribution in [0.25, 0.3) is 10.9 Å². The lowest BCUT2D eigenvalue weighted by molar-refractivity contribution is 0.0597. The second kappa shape index (κ2) is 8.59. The minimum absolute atomic E-state index is 0.143. The number of aromatic nitrogens is 1. The van der Waals surface area contributed by atoms with Crippen molar-refractivity contribution in [3.63, 3.8) is 0 Å². The SMILES string of the molecule is CC1Cc2c([nH]c3ccccc23)CN1CC(F)F.c1csc(OC2CNC2)c1. The van der Waals surface area contributed by atoms with Crippen LogP contribution in [0, 0.1) is 0 Å². The summed E-state index contributed by atoms with van der Waals surface area (Å²) in [5, 5.41) is 7.45. The van der Waals surface area contributed by atoms with Crippen LogP contribution in [-0.2, 0) is 13.0 Å². The van der Waals surface area contributed by atoms with E-state index in [1.165, 1.54) is 10.9 Å². The molecular formula is C21H25F2N3OS. The van der Waals surface area contributed by atoms with E-state index < -0.39 is 6.43 Å². The van der Waals surface area contributed by atoms with Crippen LogP contribution in [0.15, 0.2) is 41.8 Å². The van der Waals surface area contributed by atoms with Gasteiger partial charge in [0, 0.05) is 42.3 Å². The van der Waals surface area contributed by atoms with Crippen LogP contribution in [0.3, 0.4) is 0 Å². The summed E-state index contributed by atoms with van der Waals surface area (Å²) in [6.45, 7) is 4.47. The van der Waals surface area contributed by atoms with Crippen molar-refractivity contribution in [2.75, 3.05) is 19.6 Å². The van der Waals surface area contributed by atoms with Crippen molar-refractivity contribution in [1.82, 2.24) is 15.2 Å². The number of alkyl halides is 2. The predicted molar refractivity (Wildman–Crippen MR) is 109 cm³/mol. The van der Waals surface area contributed by atoms with Crippen molar-refractivity contribution in [1.29, 1.82) is 0 Å². The van der Waals surface area contributed by atoms with E-state index in [9.17, 15) is 8.78 Å². The zero-order valence-electron chi connectivity index (χ0n) is 15.8. The van der Waals surface area contributed by atoms with E-state index in [4.69, 9.17) is 4.74 Å². The third-order valence-electron chi connectivity index (χ3n) is 5.28. The monoisotopic (exact) mass is 405 g/mol. The lowest BCUT2D eigenvalue weighted by atomic mass is 9.98. The zero-order chi connectivity index (χ0) is 19.5. The van der Waals surface area contributed by atoms with Crippen LogP contribution in [0.2, 0.25) is 0 Å². The van der Waals surface area contributed by atoms with Gasteiger partial charge in [0.25, 0.3) is 6.43 Å². The molecule has 3 aromatic rings. The molecule has 2 aliphatic heterocycles. The maximum atomic E-state index is 12.5. The molecule has 5 rings (SSSR count). The molecule has 4 nitrogen and oxygen atoms in total. The Kier molecular flexibility index (Phi) is 5.94. The molecule has 4 heterocycles. The number of thiophene rings is 1. The molecule has 2 aliphatic rings. The first-order valence-electron chi connectivity index (χ1n) is 9.61. The lowest BCUT2D eigenvalue weighted by Gasteiger charge is -2.33. The minimum atomic E-state index is -2.27. The van der Waals surface area contributed by atoms with E-state index >= 15 is 0 Å². The first kappa shape index (κ1) is 19.4. The summed E-state index contributed by atoms with van der Waals surface area (Å²) in [4.78, 5) is 5.20. The fourth-order valence-electron chi connectivity index (χ4n) is 3.67. The van der Waals surface area contributed by atoms with Gasteiger partial charge < -0.3 is 15.0 Å². The van der Waals surface area contributed by atoms with Gasteiger partial charge in [0.1, 0.15) is 6.10 Å². The van der Waals surface area contributed by atoms with Gasteiger partial charge >= 0.3 is 0 Å². The van der Waals surface area contributed by atoms with Crippen molar-refractivity contribution in [2.45, 2.75) is 38.5 Å². The third-order valence-corrected chi connectivity index (χ3v) is 6.04. The molecule has 0 spiro atoms. The standard InChI is InChI=1S/C14H16F2N2.C7H9NOS/c1-9-6-11-10-4-2-3-5-12(10)17-13(11)7-18(9)8-14(15)16;1-2-7(10-3-1)9-6-4-8-5-6/h2-5,9,14,17H,6-8H2,1H3;1-3,6,8H,4-5H2. The second-order valence-electron chi connectivity index (χ2n) is 7.33. The Morgan fingerprint density at radius 3 is 2.71 bits per heavy atom. The highest BCUT2D eigenvalue weighted by Crippen LogP contribution is 2.30. The molecule has 7 heteroatoms. The Morgan fingerprint density at radius 1 is 1.21 bits per heavy atom. The van der Waals surface area contributed by atoms with E-state index in [0.717, 1.165) is 35.8 Å². The van der Waals surface area contributed by atoms with Crippen molar-refractivity contribution in [2.24, 2.45) is 0 Å². The number of para-hydroxylation sites is 1. The number of hydrogen-bond acceptors (Lipinski definition) is 4. The largest absolute Gasteiger partial charge is 0.478 e. The number of halogens is 2. The summed E-state index contributed by atoms with van der Waals surface area (Å²) >= 11 is 1.65. The van der Waals surface area contributed by atoms with Crippen molar-refractivity contribution >= 4 is 22.2 Å². The van der Waals surface area contributed by atoms with Crippen molar-refractivity contribution in [3.8, 4) is 5.06 Å². The van der Waals surface area contributed by atoms with E-state index in [0.29, 0.717) is 12.6 Å². The highest BCUT2D eigenvalue weighted by atomic mass is 32.1. The number of rotatable bonds is 4. The van der Waals surface area contributed by atoms with Crippen LogP contribution in [0.4, 0.5) is 8.78 Å². The highest BCUT2D eigenvalue weighted by molar-refractivity contribution is 7.11. The molecular weight excluding hydrogens is 380 g/mol. The molecule has 0 amide bonds. The third kappa shape index (κ3) is 4.37. The number of H-pyrrole nitrogens is 1. The Balaban J connectivity index is 0.000000162. The Hall–Kier alpha value is -1.96. The predicted octanol–water partition coefficient (Wildman–Crippen LogP) is 4.28. The van der Waals surface area contributed by atoms with Gasteiger partial charge in [-0.05, 0) is 42.5 Å². The van der Waals surface area contributed by atoms with Crippen LogP contribution in [0.1, 0.15) is 18.2 Å². The number of benzene rings is 1. The molecule has 1 atom stereocenters. The minimum Gasteiger partial charge on any atom is -0.478 e. The van der Waals surface area contributed by atoms with E-state index in [1.54, 1.807) is 11.3 Å². The molecule has 2 aromatic heterocycles. The molecule has 1 fully saturated rings. The molecule has 1 unspecified atom stereocenters. The van der Waals surface area contributed by atoms with Gasteiger partial charge in [-0.15, -0.1) is 11.3 Å². The fraction of sp³-hybridized carbons (Fsp3) is 0.429. The highest BCUT2D eigenvalue weighted by Gasteiger charge is 2.27. The van der Waals surface area contributed by atoms with Crippen LogP contribution >= 0.6 is 11.3 Å². The molecule has 28 heavy (non-hydrogen) atoms. The van der Waals surface area contributed by atoms with Gasteiger partial charge in [0.2, 0.25) is 0 Å². The summed E-state index contributed by atoms with van der Waals surface area (Å²) in [6, 6.07) is 12.3. The molecule has 150 valence electrons. The quantitative estimate of drug-likeness (QED) is 0.681. The molecule has 0 aliphatic carbocycles. The maximum absolute atomic E-state index is 12.5. The summed E-state index contributed by atoms with van der Waals surface area (Å²) in [5.74, 6) is 0. The average molecular weight is 406 g/mol. The van der Waals surface area contributed by atoms with E-state index in [-0.39, 0.29) is 12.6 Å². The summed E-state index contributed by atoms with van der Waals surface area (Å²) in [6.07, 6.45) is -1.01. The van der Waals surface area contributed by atoms with Gasteiger partial charge in [-0.3, -0.25) is 4.90 Å². The molecule has 0 saturated carbocycles. The number of hydrogen-bond donors (Lipinski definition) is 2. The lowest BCUT2D eigenvalue weighted by Crippen LogP contribution is -2.50. The van der Waals surface area contributed by atoms with Gasteiger partial charge in [-0.1, -0.05) is 18.2 Å². The van der Waals surface area contributed by atoms with Gasteiger partial charge in [0.05, 0.1) is 6.54 Å². The van der Waals surface area contributed by atoms with Crippen LogP contribution in [0.5, 0.6) is 5.06 Å². The molecule has 2 N–H and O–H groups in total. The molecule has 1 saturated heterocycles. The zero-order valence-corrected chi connectivity index (χ0v) is 16.6. The van der Waals surface area contributed by atoms with Crippen molar-refractivity contribution < 1.29 is 13.5 Å². The topological polar surface area (TPSA) is 40.3 Å². The van der Waals surface area contributed by atoms with Gasteiger partial charge in [0.15, 0.2) is 5.06 Å². The number of nitrogens with zero attached hydrogens (tertiary/aromatic N) is 1. The van der Waals surface area contributed by atoms with Crippen molar-refractivity contribution in [3.05, 3.63) is 53.0 Å². The fourth-order valence-corrected chi connectivity index (χ4v) is 4.31. The van der Waals surface area contributed by atoms with Gasteiger partial charge in [-0.2, -0.15) is 0 Å². The van der Waals surface area contributed by atoms with Crippen LogP contribution in [-0.4, -0.2) is 48.1 Å². The summed E-state index contributed by atoms with van der Waals surface area (Å²) in [5.41, 5.74) is 3.49. The average Bonchev–Trinajstić information content (AvgIpc) is 3.26. The number of ether oxygens (including phenoxy) is 1. The van der Waals surface area contributed by atoms with E-state index in [2.05, 4.69) is 16.4 Å². The maximum Gasteiger partial charge on any atom is 0.251 e. The van der Waals surface area contributed by atoms with Crippen LogP contribution < -0.4 is 10.1 Å². The Bertz CT molecular complexity index is 892. The second-order valence-corrected chi connectivity index (χ2v) is 8.24. The molecule has 0 radical (unpaired) electrons. The summed E-state index contributed by atoms with van der Waals surface area (Å²) < 4.78 is 30.6. The van der Waals surface area contributed by atoms with Gasteiger partial charge in [-0.25, -0.2) is 8.78 Å². The molecule has 1 aromatic carbocycles. The number of nitrogens with one attached hydrogen (secondary N) is 2.